The van der Waals surface area contributed by atoms with E-state index in [2.05, 4.69) is 3.53 Å². The standard InChI is InChI=1S/C8H12F2INO2/c9-8(10)3-1-7(14,2-4-8)5-6(13)12-11/h14H,1-5H2,(H,12,13). The fraction of sp³-hybridized carbons (Fsp3) is 0.875. The molecule has 0 aromatic carbocycles. The number of carbonyl (C=O) groups excluding carboxylic acids is 1. The van der Waals surface area contributed by atoms with Gasteiger partial charge in [-0.05, 0) is 12.8 Å². The zero-order valence-electron chi connectivity index (χ0n) is 7.52. The quantitative estimate of drug-likeness (QED) is 0.602. The Morgan fingerprint density at radius 3 is 2.29 bits per heavy atom. The molecular formula is C8H12F2INO2. The molecule has 0 spiro atoms. The van der Waals surface area contributed by atoms with Gasteiger partial charge in [-0.1, -0.05) is 0 Å². The van der Waals surface area contributed by atoms with Gasteiger partial charge in [-0.2, -0.15) is 0 Å². The van der Waals surface area contributed by atoms with Crippen molar-refractivity contribution < 1.29 is 18.7 Å². The van der Waals surface area contributed by atoms with Gasteiger partial charge >= 0.3 is 0 Å². The molecule has 3 nitrogen and oxygen atoms in total. The molecule has 82 valence electrons. The van der Waals surface area contributed by atoms with Crippen LogP contribution >= 0.6 is 22.9 Å². The highest BCUT2D eigenvalue weighted by Gasteiger charge is 2.43. The van der Waals surface area contributed by atoms with Crippen LogP contribution in [0.2, 0.25) is 0 Å². The van der Waals surface area contributed by atoms with E-state index in [1.54, 1.807) is 22.9 Å². The van der Waals surface area contributed by atoms with Crippen molar-refractivity contribution in [2.24, 2.45) is 0 Å². The molecule has 14 heavy (non-hydrogen) atoms. The molecule has 1 aliphatic rings. The predicted octanol–water partition coefficient (Wildman–Crippen LogP) is 1.78. The first-order chi connectivity index (χ1) is 6.37. The Kier molecular flexibility index (Phi) is 3.68. The highest BCUT2D eigenvalue weighted by atomic mass is 127. The number of rotatable bonds is 2. The number of nitrogens with one attached hydrogen (secondary N) is 1. The Hall–Kier alpha value is 0.0200. The van der Waals surface area contributed by atoms with Crippen molar-refractivity contribution in [1.82, 2.24) is 3.53 Å². The van der Waals surface area contributed by atoms with Gasteiger partial charge in [-0.25, -0.2) is 8.78 Å². The Labute approximate surface area is 94.7 Å². The summed E-state index contributed by atoms with van der Waals surface area (Å²) in [6.45, 7) is 0. The average Bonchev–Trinajstić information content (AvgIpc) is 2.11. The normalized spacial score (nSPS) is 24.3. The lowest BCUT2D eigenvalue weighted by Crippen LogP contribution is -2.41. The van der Waals surface area contributed by atoms with Gasteiger partial charge in [0, 0.05) is 12.8 Å². The van der Waals surface area contributed by atoms with Crippen molar-refractivity contribution in [3.05, 3.63) is 0 Å². The SMILES string of the molecule is O=C(CC1(O)CCC(F)(F)CC1)NI. The summed E-state index contributed by atoms with van der Waals surface area (Å²) < 4.78 is 27.8. The summed E-state index contributed by atoms with van der Waals surface area (Å²) in [5, 5.41) is 9.81. The number of hydrogen-bond donors (Lipinski definition) is 2. The van der Waals surface area contributed by atoms with Crippen LogP contribution in [0.3, 0.4) is 0 Å². The van der Waals surface area contributed by atoms with E-state index in [9.17, 15) is 18.7 Å². The third-order valence-electron chi connectivity index (χ3n) is 2.51. The first-order valence-corrected chi connectivity index (χ1v) is 5.44. The van der Waals surface area contributed by atoms with Crippen molar-refractivity contribution >= 4 is 28.8 Å². The smallest absolute Gasteiger partial charge is 0.248 e. The Balaban J connectivity index is 2.49. The zero-order chi connectivity index (χ0) is 10.8. The largest absolute Gasteiger partial charge is 0.389 e. The summed E-state index contributed by atoms with van der Waals surface area (Å²) in [6, 6.07) is 0. The lowest BCUT2D eigenvalue weighted by molar-refractivity contribution is -0.133. The second-order valence-corrected chi connectivity index (χ2v) is 4.31. The zero-order valence-corrected chi connectivity index (χ0v) is 9.68. The van der Waals surface area contributed by atoms with Gasteiger partial charge in [0.15, 0.2) is 0 Å². The molecular weight excluding hydrogens is 307 g/mol. The Morgan fingerprint density at radius 2 is 1.86 bits per heavy atom. The van der Waals surface area contributed by atoms with Crippen LogP contribution in [0.1, 0.15) is 32.1 Å². The van der Waals surface area contributed by atoms with Crippen molar-refractivity contribution in [2.45, 2.75) is 43.6 Å². The Bertz CT molecular complexity index is 225. The lowest BCUT2D eigenvalue weighted by atomic mass is 9.80. The molecule has 0 saturated heterocycles. The molecule has 1 aliphatic carbocycles. The number of hydrogen-bond acceptors (Lipinski definition) is 2. The van der Waals surface area contributed by atoms with Crippen LogP contribution < -0.4 is 3.53 Å². The van der Waals surface area contributed by atoms with Crippen molar-refractivity contribution in [1.29, 1.82) is 0 Å². The third kappa shape index (κ3) is 3.30. The molecule has 0 unspecified atom stereocenters. The predicted molar refractivity (Wildman–Crippen MR) is 55.1 cm³/mol. The summed E-state index contributed by atoms with van der Waals surface area (Å²) in [6.07, 6.45) is -0.782. The monoisotopic (exact) mass is 319 g/mol. The maximum absolute atomic E-state index is 12.8. The average molecular weight is 319 g/mol. The summed E-state index contributed by atoms with van der Waals surface area (Å²) in [5.74, 6) is -2.99. The second kappa shape index (κ2) is 4.26. The molecule has 1 saturated carbocycles. The molecule has 0 aromatic heterocycles. The van der Waals surface area contributed by atoms with E-state index in [1.807, 2.05) is 0 Å². The van der Waals surface area contributed by atoms with Crippen LogP contribution in [0.15, 0.2) is 0 Å². The Morgan fingerprint density at radius 1 is 1.36 bits per heavy atom. The topological polar surface area (TPSA) is 49.3 Å². The molecule has 0 aromatic rings. The van der Waals surface area contributed by atoms with Crippen LogP contribution in [-0.4, -0.2) is 22.5 Å². The molecule has 0 heterocycles. The van der Waals surface area contributed by atoms with Crippen LogP contribution in [0.25, 0.3) is 0 Å². The summed E-state index contributed by atoms with van der Waals surface area (Å²) in [5.41, 5.74) is -1.24. The number of halogens is 3. The van der Waals surface area contributed by atoms with E-state index < -0.39 is 11.5 Å². The van der Waals surface area contributed by atoms with Gasteiger partial charge in [-0.15, -0.1) is 0 Å². The van der Waals surface area contributed by atoms with Crippen molar-refractivity contribution in [2.75, 3.05) is 0 Å². The maximum atomic E-state index is 12.8. The fourth-order valence-corrected chi connectivity index (χ4v) is 1.78. The van der Waals surface area contributed by atoms with Crippen molar-refractivity contribution in [3.8, 4) is 0 Å². The molecule has 0 aliphatic heterocycles. The number of aliphatic hydroxyl groups is 1. The van der Waals surface area contributed by atoms with Gasteiger partial charge in [0.25, 0.3) is 0 Å². The fourth-order valence-electron chi connectivity index (χ4n) is 1.59. The first-order valence-electron chi connectivity index (χ1n) is 4.37. The summed E-state index contributed by atoms with van der Waals surface area (Å²) >= 11 is 1.66. The van der Waals surface area contributed by atoms with Crippen LogP contribution in [0.4, 0.5) is 8.78 Å². The van der Waals surface area contributed by atoms with Gasteiger partial charge < -0.3 is 5.11 Å². The van der Waals surface area contributed by atoms with E-state index in [-0.39, 0.29) is 38.0 Å². The highest BCUT2D eigenvalue weighted by Crippen LogP contribution is 2.39. The van der Waals surface area contributed by atoms with E-state index in [0.717, 1.165) is 0 Å². The number of alkyl halides is 2. The van der Waals surface area contributed by atoms with E-state index >= 15 is 0 Å². The molecule has 1 amide bonds. The van der Waals surface area contributed by atoms with Gasteiger partial charge in [-0.3, -0.25) is 8.32 Å². The van der Waals surface area contributed by atoms with Gasteiger partial charge in [0.2, 0.25) is 11.8 Å². The molecule has 0 atom stereocenters. The molecule has 0 bridgehead atoms. The number of amides is 1. The second-order valence-electron chi connectivity index (χ2n) is 3.77. The van der Waals surface area contributed by atoms with Crippen molar-refractivity contribution in [3.63, 3.8) is 0 Å². The highest BCUT2D eigenvalue weighted by molar-refractivity contribution is 14.1. The molecule has 1 rings (SSSR count). The summed E-state index contributed by atoms with van der Waals surface area (Å²) in [4.78, 5) is 11.0. The minimum absolute atomic E-state index is 0.00986. The van der Waals surface area contributed by atoms with Gasteiger partial charge in [0.1, 0.15) is 0 Å². The summed E-state index contributed by atoms with van der Waals surface area (Å²) in [7, 11) is 0. The molecule has 0 radical (unpaired) electrons. The molecule has 6 heteroatoms. The number of carbonyl (C=O) groups is 1. The van der Waals surface area contributed by atoms with E-state index in [0.29, 0.717) is 0 Å². The van der Waals surface area contributed by atoms with Crippen LogP contribution in [0, 0.1) is 0 Å². The van der Waals surface area contributed by atoms with Crippen LogP contribution in [0.5, 0.6) is 0 Å². The van der Waals surface area contributed by atoms with Gasteiger partial charge in [0.05, 0.1) is 34.9 Å². The molecule has 1 fully saturated rings. The first kappa shape index (κ1) is 12.1. The van der Waals surface area contributed by atoms with E-state index in [1.165, 1.54) is 0 Å². The minimum atomic E-state index is -2.67. The maximum Gasteiger partial charge on any atom is 0.248 e. The lowest BCUT2D eigenvalue weighted by Gasteiger charge is -2.35. The van der Waals surface area contributed by atoms with Crippen LogP contribution in [-0.2, 0) is 4.79 Å². The third-order valence-corrected chi connectivity index (χ3v) is 3.11. The molecule has 2 N–H and O–H groups in total. The minimum Gasteiger partial charge on any atom is -0.389 e. The van der Waals surface area contributed by atoms with E-state index in [4.69, 9.17) is 0 Å².